The van der Waals surface area contributed by atoms with E-state index >= 15 is 0 Å². The Kier molecular flexibility index (Phi) is 6.68. The van der Waals surface area contributed by atoms with Gasteiger partial charge in [-0.05, 0) is 31.6 Å². The molecule has 1 rings (SSSR count). The molecule has 18 heavy (non-hydrogen) atoms. The lowest BCUT2D eigenvalue weighted by molar-refractivity contribution is 0.222. The Morgan fingerprint density at radius 1 is 1.28 bits per heavy atom. The minimum atomic E-state index is 0.0229. The fourth-order valence-electron chi connectivity index (χ4n) is 1.74. The number of ether oxygens (including phenoxy) is 1. The number of hydrogen-bond donors (Lipinski definition) is 1. The molecule has 2 N–H and O–H groups in total. The van der Waals surface area contributed by atoms with Gasteiger partial charge in [-0.1, -0.05) is 20.8 Å². The van der Waals surface area contributed by atoms with Crippen molar-refractivity contribution in [2.75, 3.05) is 26.2 Å². The Morgan fingerprint density at radius 3 is 2.50 bits per heavy atom. The molecule has 0 aliphatic rings. The molecule has 0 unspecified atom stereocenters. The second-order valence-electron chi connectivity index (χ2n) is 4.31. The predicted octanol–water partition coefficient (Wildman–Crippen LogP) is 2.21. The van der Waals surface area contributed by atoms with Gasteiger partial charge in [0.1, 0.15) is 12.4 Å². The fraction of sp³-hybridized carbons (Fsp3) is 0.643. The van der Waals surface area contributed by atoms with Crippen LogP contribution in [0.4, 0.5) is 0 Å². The van der Waals surface area contributed by atoms with Crippen LogP contribution in [-0.4, -0.2) is 36.1 Å². The van der Waals surface area contributed by atoms with Gasteiger partial charge in [0.15, 0.2) is 0 Å². The van der Waals surface area contributed by atoms with Crippen LogP contribution in [0.15, 0.2) is 18.3 Å². The lowest BCUT2D eigenvalue weighted by Gasteiger charge is -2.18. The van der Waals surface area contributed by atoms with Crippen molar-refractivity contribution in [3.8, 4) is 5.75 Å². The van der Waals surface area contributed by atoms with Crippen LogP contribution in [0.3, 0.4) is 0 Å². The molecule has 1 aromatic heterocycles. The van der Waals surface area contributed by atoms with Crippen molar-refractivity contribution in [1.82, 2.24) is 9.88 Å². The molecule has 1 aromatic rings. The highest BCUT2D eigenvalue weighted by Crippen LogP contribution is 2.14. The fourth-order valence-corrected chi connectivity index (χ4v) is 1.74. The van der Waals surface area contributed by atoms with Crippen LogP contribution >= 0.6 is 0 Å². The van der Waals surface area contributed by atoms with Crippen molar-refractivity contribution >= 4 is 0 Å². The molecule has 102 valence electrons. The third-order valence-corrected chi connectivity index (χ3v) is 3.15. The molecule has 0 aromatic carbocycles. The van der Waals surface area contributed by atoms with E-state index in [4.69, 9.17) is 10.5 Å². The predicted molar refractivity (Wildman–Crippen MR) is 74.7 cm³/mol. The van der Waals surface area contributed by atoms with Gasteiger partial charge in [-0.25, -0.2) is 0 Å². The molecule has 0 saturated heterocycles. The van der Waals surface area contributed by atoms with Crippen molar-refractivity contribution in [1.29, 1.82) is 0 Å². The number of likely N-dealkylation sites (N-methyl/N-ethyl adjacent to an activating group) is 1. The second-order valence-corrected chi connectivity index (χ2v) is 4.31. The maximum Gasteiger partial charge on any atom is 0.137 e. The molecule has 4 heteroatoms. The molecule has 0 fully saturated rings. The first-order valence-corrected chi connectivity index (χ1v) is 6.77. The van der Waals surface area contributed by atoms with E-state index in [0.29, 0.717) is 6.61 Å². The molecule has 0 radical (unpaired) electrons. The number of aromatic nitrogens is 1. The van der Waals surface area contributed by atoms with Crippen LogP contribution < -0.4 is 10.5 Å². The molecular weight excluding hydrogens is 226 g/mol. The van der Waals surface area contributed by atoms with E-state index in [0.717, 1.165) is 37.5 Å². The van der Waals surface area contributed by atoms with Crippen molar-refractivity contribution < 1.29 is 4.74 Å². The Bertz CT molecular complexity index is 322. The summed E-state index contributed by atoms with van der Waals surface area (Å²) >= 11 is 0. The van der Waals surface area contributed by atoms with E-state index in [1.54, 1.807) is 6.20 Å². The van der Waals surface area contributed by atoms with Gasteiger partial charge in [0, 0.05) is 12.6 Å². The number of nitrogens with two attached hydrogens (primary N) is 1. The van der Waals surface area contributed by atoms with Crippen LogP contribution in [0, 0.1) is 0 Å². The Labute approximate surface area is 110 Å². The van der Waals surface area contributed by atoms with Crippen molar-refractivity contribution in [2.45, 2.75) is 33.2 Å². The van der Waals surface area contributed by atoms with Crippen LogP contribution in [0.2, 0.25) is 0 Å². The monoisotopic (exact) mass is 251 g/mol. The van der Waals surface area contributed by atoms with Crippen LogP contribution in [0.5, 0.6) is 5.75 Å². The van der Waals surface area contributed by atoms with Gasteiger partial charge in [-0.15, -0.1) is 0 Å². The average Bonchev–Trinajstić information content (AvgIpc) is 2.43. The Morgan fingerprint density at radius 2 is 2.00 bits per heavy atom. The van der Waals surface area contributed by atoms with Gasteiger partial charge in [0.05, 0.1) is 11.9 Å². The lowest BCUT2D eigenvalue weighted by Crippen LogP contribution is -2.27. The third kappa shape index (κ3) is 4.63. The quantitative estimate of drug-likeness (QED) is 0.769. The van der Waals surface area contributed by atoms with Crippen molar-refractivity contribution in [3.63, 3.8) is 0 Å². The van der Waals surface area contributed by atoms with Crippen molar-refractivity contribution in [2.24, 2.45) is 5.73 Å². The maximum atomic E-state index is 5.91. The van der Waals surface area contributed by atoms with Gasteiger partial charge < -0.3 is 15.4 Å². The summed E-state index contributed by atoms with van der Waals surface area (Å²) in [5.41, 5.74) is 6.83. The molecule has 1 atom stereocenters. The summed E-state index contributed by atoms with van der Waals surface area (Å²) in [6.07, 6.45) is 2.66. The van der Waals surface area contributed by atoms with Gasteiger partial charge in [-0.2, -0.15) is 0 Å². The highest BCUT2D eigenvalue weighted by Gasteiger charge is 2.05. The van der Waals surface area contributed by atoms with Crippen LogP contribution in [0.25, 0.3) is 0 Å². The smallest absolute Gasteiger partial charge is 0.137 e. The topological polar surface area (TPSA) is 51.4 Å². The summed E-state index contributed by atoms with van der Waals surface area (Å²) in [5, 5.41) is 0. The van der Waals surface area contributed by atoms with Crippen LogP contribution in [-0.2, 0) is 0 Å². The highest BCUT2D eigenvalue weighted by atomic mass is 16.5. The normalized spacial score (nSPS) is 12.7. The molecule has 0 bridgehead atoms. The van der Waals surface area contributed by atoms with E-state index in [-0.39, 0.29) is 6.04 Å². The first-order valence-electron chi connectivity index (χ1n) is 6.77. The average molecular weight is 251 g/mol. The molecule has 1 heterocycles. The molecular formula is C14H25N3O. The maximum absolute atomic E-state index is 5.91. The zero-order valence-electron chi connectivity index (χ0n) is 11.7. The summed E-state index contributed by atoms with van der Waals surface area (Å²) in [4.78, 5) is 6.65. The second kappa shape index (κ2) is 8.06. The number of pyridine rings is 1. The van der Waals surface area contributed by atoms with Gasteiger partial charge >= 0.3 is 0 Å². The first kappa shape index (κ1) is 14.9. The largest absolute Gasteiger partial charge is 0.491 e. The summed E-state index contributed by atoms with van der Waals surface area (Å²) in [6, 6.07) is 3.91. The molecule has 0 spiro atoms. The zero-order chi connectivity index (χ0) is 13.4. The van der Waals surface area contributed by atoms with Gasteiger partial charge in [0.25, 0.3) is 0 Å². The summed E-state index contributed by atoms with van der Waals surface area (Å²) in [5.74, 6) is 0.814. The zero-order valence-corrected chi connectivity index (χ0v) is 11.7. The Hall–Kier alpha value is -1.13. The number of nitrogens with zero attached hydrogens (tertiary/aromatic N) is 2. The van der Waals surface area contributed by atoms with Gasteiger partial charge in [-0.3, -0.25) is 4.98 Å². The van der Waals surface area contributed by atoms with E-state index in [1.165, 1.54) is 0 Å². The van der Waals surface area contributed by atoms with Gasteiger partial charge in [0.2, 0.25) is 0 Å². The highest BCUT2D eigenvalue weighted by molar-refractivity contribution is 5.21. The summed E-state index contributed by atoms with van der Waals surface area (Å²) in [7, 11) is 0. The van der Waals surface area contributed by atoms with E-state index in [9.17, 15) is 0 Å². The standard InChI is InChI=1S/C14H25N3O/c1-4-13(15)14-8-7-12(11-16-14)18-10-9-17(5-2)6-3/h7-8,11,13H,4-6,9-10,15H2,1-3H3/t13-/m0/s1. The molecule has 0 aliphatic carbocycles. The molecule has 4 nitrogen and oxygen atoms in total. The summed E-state index contributed by atoms with van der Waals surface area (Å²) in [6.45, 7) is 10.1. The SMILES string of the molecule is CC[C@H](N)c1ccc(OCCN(CC)CC)cn1. The van der Waals surface area contributed by atoms with E-state index in [1.807, 2.05) is 12.1 Å². The van der Waals surface area contributed by atoms with E-state index < -0.39 is 0 Å². The van der Waals surface area contributed by atoms with Crippen molar-refractivity contribution in [3.05, 3.63) is 24.0 Å². The minimum Gasteiger partial charge on any atom is -0.491 e. The number of hydrogen-bond acceptors (Lipinski definition) is 4. The third-order valence-electron chi connectivity index (χ3n) is 3.15. The van der Waals surface area contributed by atoms with Crippen LogP contribution in [0.1, 0.15) is 38.9 Å². The number of rotatable bonds is 8. The first-order chi connectivity index (χ1) is 8.71. The summed E-state index contributed by atoms with van der Waals surface area (Å²) < 4.78 is 5.66. The Balaban J connectivity index is 2.39. The lowest BCUT2D eigenvalue weighted by atomic mass is 10.1. The molecule has 0 amide bonds. The molecule has 0 aliphatic heterocycles. The van der Waals surface area contributed by atoms with E-state index in [2.05, 4.69) is 30.7 Å². The molecule has 0 saturated carbocycles. The minimum absolute atomic E-state index is 0.0229.